The van der Waals surface area contributed by atoms with Gasteiger partial charge in [-0.1, -0.05) is 31.5 Å². The van der Waals surface area contributed by atoms with Gasteiger partial charge in [0.2, 0.25) is 10.0 Å². The van der Waals surface area contributed by atoms with Crippen LogP contribution in [0.4, 0.5) is 0 Å². The van der Waals surface area contributed by atoms with Crippen molar-refractivity contribution in [3.63, 3.8) is 0 Å². The largest absolute Gasteiger partial charge is 0.389 e. The minimum absolute atomic E-state index is 0.223. The summed E-state index contributed by atoms with van der Waals surface area (Å²) in [5, 5.41) is 10.2. The van der Waals surface area contributed by atoms with Crippen LogP contribution in [-0.2, 0) is 10.0 Å². The third kappa shape index (κ3) is 4.89. The van der Waals surface area contributed by atoms with Crippen molar-refractivity contribution in [1.82, 2.24) is 4.72 Å². The summed E-state index contributed by atoms with van der Waals surface area (Å²) in [6, 6.07) is 6.16. The Kier molecular flexibility index (Phi) is 5.35. The molecule has 0 aliphatic rings. The zero-order chi connectivity index (χ0) is 15.6. The van der Waals surface area contributed by atoms with E-state index < -0.39 is 21.7 Å². The molecule has 1 atom stereocenters. The quantitative estimate of drug-likeness (QED) is 0.848. The molecule has 0 aromatic heterocycles. The summed E-state index contributed by atoms with van der Waals surface area (Å²) in [4.78, 5) is 0.223. The van der Waals surface area contributed by atoms with E-state index in [-0.39, 0.29) is 10.8 Å². The van der Waals surface area contributed by atoms with E-state index in [4.69, 9.17) is 0 Å². The lowest BCUT2D eigenvalue weighted by molar-refractivity contribution is 0.0384. The Balaban J connectivity index is 3.00. The van der Waals surface area contributed by atoms with Crippen molar-refractivity contribution in [1.29, 1.82) is 0 Å². The molecule has 0 radical (unpaired) electrons. The maximum Gasteiger partial charge on any atom is 0.240 e. The van der Waals surface area contributed by atoms with E-state index in [2.05, 4.69) is 4.72 Å². The molecule has 0 spiro atoms. The molecule has 0 saturated carbocycles. The lowest BCUT2D eigenvalue weighted by Crippen LogP contribution is -2.49. The van der Waals surface area contributed by atoms with Crippen molar-refractivity contribution in [2.24, 2.45) is 5.92 Å². The predicted octanol–water partition coefficient (Wildman–Crippen LogP) is 2.46. The van der Waals surface area contributed by atoms with Gasteiger partial charge < -0.3 is 5.11 Å². The Labute approximate surface area is 122 Å². The molecule has 1 rings (SSSR count). The third-order valence-electron chi connectivity index (χ3n) is 3.19. The molecular weight excluding hydrogens is 274 g/mol. The second-order valence-corrected chi connectivity index (χ2v) is 7.98. The van der Waals surface area contributed by atoms with E-state index in [1.165, 1.54) is 0 Å². The molecule has 0 aliphatic carbocycles. The topological polar surface area (TPSA) is 66.4 Å². The van der Waals surface area contributed by atoms with Crippen molar-refractivity contribution in [3.05, 3.63) is 29.8 Å². The van der Waals surface area contributed by atoms with E-state index in [0.717, 1.165) is 5.56 Å². The van der Waals surface area contributed by atoms with Crippen molar-refractivity contribution >= 4 is 10.0 Å². The van der Waals surface area contributed by atoms with Crippen molar-refractivity contribution in [2.45, 2.75) is 57.6 Å². The normalized spacial score (nSPS) is 14.6. The molecule has 0 heterocycles. The Bertz CT molecular complexity index is 527. The minimum Gasteiger partial charge on any atom is -0.389 e. The highest BCUT2D eigenvalue weighted by molar-refractivity contribution is 7.89. The summed E-state index contributed by atoms with van der Waals surface area (Å²) >= 11 is 0. The summed E-state index contributed by atoms with van der Waals surface area (Å²) in [5.41, 5.74) is -0.104. The van der Waals surface area contributed by atoms with Gasteiger partial charge in [-0.2, -0.15) is 0 Å². The maximum absolute atomic E-state index is 12.4. The van der Waals surface area contributed by atoms with E-state index >= 15 is 0 Å². The number of sulfonamides is 1. The van der Waals surface area contributed by atoms with Gasteiger partial charge >= 0.3 is 0 Å². The molecule has 20 heavy (non-hydrogen) atoms. The maximum atomic E-state index is 12.4. The van der Waals surface area contributed by atoms with Crippen LogP contribution < -0.4 is 4.72 Å². The fourth-order valence-corrected chi connectivity index (χ4v) is 3.31. The van der Waals surface area contributed by atoms with Crippen LogP contribution in [0.25, 0.3) is 0 Å². The van der Waals surface area contributed by atoms with E-state index in [1.54, 1.807) is 38.1 Å². The predicted molar refractivity (Wildman–Crippen MR) is 81.0 cm³/mol. The first kappa shape index (κ1) is 17.1. The number of aryl methyl sites for hydroxylation is 1. The van der Waals surface area contributed by atoms with E-state index in [1.807, 2.05) is 20.8 Å². The van der Waals surface area contributed by atoms with Crippen LogP contribution in [0.5, 0.6) is 0 Å². The molecule has 0 unspecified atom stereocenters. The first-order chi connectivity index (χ1) is 9.02. The number of nitrogens with one attached hydrogen (secondary N) is 1. The number of aliphatic hydroxyl groups is 1. The molecule has 4 nitrogen and oxygen atoms in total. The molecule has 5 heteroatoms. The highest BCUT2D eigenvalue weighted by Crippen LogP contribution is 2.20. The first-order valence-electron chi connectivity index (χ1n) is 6.84. The monoisotopic (exact) mass is 299 g/mol. The van der Waals surface area contributed by atoms with Crippen LogP contribution in [0, 0.1) is 12.8 Å². The van der Waals surface area contributed by atoms with Gasteiger partial charge in [0.1, 0.15) is 0 Å². The average Bonchev–Trinajstić information content (AvgIpc) is 2.26. The fourth-order valence-electron chi connectivity index (χ4n) is 1.92. The molecule has 1 aromatic carbocycles. The minimum atomic E-state index is -3.62. The summed E-state index contributed by atoms with van der Waals surface area (Å²) in [7, 11) is -3.62. The van der Waals surface area contributed by atoms with Crippen LogP contribution in [-0.4, -0.2) is 25.2 Å². The second-order valence-electron chi connectivity index (χ2n) is 6.27. The standard InChI is InChI=1S/C15H25NO3S/c1-11(2)10-14(15(4,5)17)16-20(18,19)13-8-6-12(3)7-9-13/h6-9,11,14,16-17H,10H2,1-5H3/t14-/m0/s1. The lowest BCUT2D eigenvalue weighted by Gasteiger charge is -2.31. The third-order valence-corrected chi connectivity index (χ3v) is 4.68. The lowest BCUT2D eigenvalue weighted by atomic mass is 9.92. The van der Waals surface area contributed by atoms with Gasteiger partial charge in [-0.15, -0.1) is 0 Å². The molecular formula is C15H25NO3S. The average molecular weight is 299 g/mol. The zero-order valence-electron chi connectivity index (χ0n) is 12.8. The fraction of sp³-hybridized carbons (Fsp3) is 0.600. The molecule has 0 bridgehead atoms. The molecule has 114 valence electrons. The Morgan fingerprint density at radius 3 is 2.10 bits per heavy atom. The Morgan fingerprint density at radius 1 is 1.20 bits per heavy atom. The van der Waals surface area contributed by atoms with Gasteiger partial charge in [0.05, 0.1) is 16.5 Å². The summed E-state index contributed by atoms with van der Waals surface area (Å²) < 4.78 is 27.3. The number of hydrogen-bond acceptors (Lipinski definition) is 3. The van der Waals surface area contributed by atoms with Crippen molar-refractivity contribution in [3.8, 4) is 0 Å². The van der Waals surface area contributed by atoms with Gasteiger partial charge in [0.15, 0.2) is 0 Å². The van der Waals surface area contributed by atoms with Crippen LogP contribution in [0.3, 0.4) is 0 Å². The smallest absolute Gasteiger partial charge is 0.240 e. The number of benzene rings is 1. The van der Waals surface area contributed by atoms with Gasteiger partial charge in [0.25, 0.3) is 0 Å². The number of rotatable bonds is 6. The Hall–Kier alpha value is -0.910. The van der Waals surface area contributed by atoms with Crippen LogP contribution >= 0.6 is 0 Å². The highest BCUT2D eigenvalue weighted by Gasteiger charge is 2.31. The molecule has 0 aliphatic heterocycles. The van der Waals surface area contributed by atoms with Gasteiger partial charge in [-0.3, -0.25) is 0 Å². The summed E-state index contributed by atoms with van der Waals surface area (Å²) in [6.45, 7) is 9.15. The second kappa shape index (κ2) is 6.24. The molecule has 0 fully saturated rings. The van der Waals surface area contributed by atoms with E-state index in [9.17, 15) is 13.5 Å². The molecule has 1 aromatic rings. The summed E-state index contributed by atoms with van der Waals surface area (Å²) in [5.74, 6) is 0.284. The van der Waals surface area contributed by atoms with Crippen molar-refractivity contribution in [2.75, 3.05) is 0 Å². The van der Waals surface area contributed by atoms with Gasteiger partial charge in [-0.05, 0) is 45.2 Å². The Morgan fingerprint density at radius 2 is 1.70 bits per heavy atom. The van der Waals surface area contributed by atoms with Crippen LogP contribution in [0.1, 0.15) is 39.7 Å². The zero-order valence-corrected chi connectivity index (χ0v) is 13.7. The van der Waals surface area contributed by atoms with Gasteiger partial charge in [-0.25, -0.2) is 13.1 Å². The molecule has 0 amide bonds. The van der Waals surface area contributed by atoms with Crippen molar-refractivity contribution < 1.29 is 13.5 Å². The van der Waals surface area contributed by atoms with E-state index in [0.29, 0.717) is 6.42 Å². The number of hydrogen-bond donors (Lipinski definition) is 2. The van der Waals surface area contributed by atoms with Crippen LogP contribution in [0.15, 0.2) is 29.2 Å². The molecule has 2 N–H and O–H groups in total. The first-order valence-corrected chi connectivity index (χ1v) is 8.32. The molecule has 0 saturated heterocycles. The summed E-state index contributed by atoms with van der Waals surface area (Å²) in [6.07, 6.45) is 0.578. The highest BCUT2D eigenvalue weighted by atomic mass is 32.2. The van der Waals surface area contributed by atoms with Crippen LogP contribution in [0.2, 0.25) is 0 Å². The van der Waals surface area contributed by atoms with Gasteiger partial charge in [0, 0.05) is 0 Å². The SMILES string of the molecule is Cc1ccc(S(=O)(=O)N[C@@H](CC(C)C)C(C)(C)O)cc1.